The van der Waals surface area contributed by atoms with E-state index in [1.165, 1.54) is 0 Å². The normalized spacial score (nSPS) is 12.5. The molecule has 1 aromatic heterocycles. The van der Waals surface area contributed by atoms with Gasteiger partial charge in [0.05, 0.1) is 22.2 Å². The molecule has 0 amide bonds. The Morgan fingerprint density at radius 2 is 2.31 bits per heavy atom. The van der Waals surface area contributed by atoms with E-state index in [9.17, 15) is 0 Å². The van der Waals surface area contributed by atoms with Crippen molar-refractivity contribution in [3.05, 3.63) is 21.8 Å². The highest BCUT2D eigenvalue weighted by Crippen LogP contribution is 2.22. The smallest absolute Gasteiger partial charge is 0.140 e. The van der Waals surface area contributed by atoms with Gasteiger partial charge in [-0.05, 0) is 22.0 Å². The molecule has 4 nitrogen and oxygen atoms in total. The number of hydrogen-bond acceptors (Lipinski definition) is 4. The van der Waals surface area contributed by atoms with Gasteiger partial charge in [-0.2, -0.15) is 0 Å². The summed E-state index contributed by atoms with van der Waals surface area (Å²) >= 11 is 9.17. The van der Waals surface area contributed by atoms with Crippen LogP contribution in [0.1, 0.15) is 0 Å². The van der Waals surface area contributed by atoms with Crippen molar-refractivity contribution in [3.63, 3.8) is 0 Å². The van der Waals surface area contributed by atoms with Crippen LogP contribution in [-0.4, -0.2) is 38.5 Å². The second-order valence-corrected chi connectivity index (χ2v) is 4.47. The summed E-state index contributed by atoms with van der Waals surface area (Å²) in [6.45, 7) is 1.16. The number of ether oxygens (including phenoxy) is 2. The molecule has 1 atom stereocenters. The Morgan fingerprint density at radius 3 is 2.88 bits per heavy atom. The molecule has 16 heavy (non-hydrogen) atoms. The minimum absolute atomic E-state index is 0.00521. The van der Waals surface area contributed by atoms with Crippen LogP contribution in [0.3, 0.4) is 0 Å². The van der Waals surface area contributed by atoms with Crippen molar-refractivity contribution < 1.29 is 9.47 Å². The molecule has 1 unspecified atom stereocenters. The van der Waals surface area contributed by atoms with Crippen molar-refractivity contribution in [2.45, 2.75) is 6.10 Å². The Morgan fingerprint density at radius 1 is 1.56 bits per heavy atom. The van der Waals surface area contributed by atoms with Gasteiger partial charge < -0.3 is 14.8 Å². The lowest BCUT2D eigenvalue weighted by Gasteiger charge is -2.15. The van der Waals surface area contributed by atoms with Crippen LogP contribution in [-0.2, 0) is 9.47 Å². The van der Waals surface area contributed by atoms with E-state index in [-0.39, 0.29) is 6.10 Å². The third kappa shape index (κ3) is 4.25. The van der Waals surface area contributed by atoms with Crippen LogP contribution in [0.2, 0.25) is 5.02 Å². The Balaban J connectivity index is 2.53. The van der Waals surface area contributed by atoms with E-state index in [1.54, 1.807) is 26.5 Å². The minimum Gasteiger partial charge on any atom is -0.382 e. The van der Waals surface area contributed by atoms with Crippen molar-refractivity contribution in [2.75, 3.05) is 32.7 Å². The minimum atomic E-state index is -0.00521. The molecule has 6 heteroatoms. The molecule has 0 aliphatic carbocycles. The quantitative estimate of drug-likeness (QED) is 0.877. The number of hydrogen-bond donors (Lipinski definition) is 1. The van der Waals surface area contributed by atoms with Gasteiger partial charge in [-0.3, -0.25) is 0 Å². The molecular weight excluding hydrogens is 295 g/mol. The van der Waals surface area contributed by atoms with Gasteiger partial charge in [-0.15, -0.1) is 0 Å². The van der Waals surface area contributed by atoms with Crippen LogP contribution < -0.4 is 5.32 Å². The van der Waals surface area contributed by atoms with Gasteiger partial charge in [0.2, 0.25) is 0 Å². The second kappa shape index (κ2) is 7.06. The zero-order chi connectivity index (χ0) is 12.0. The maximum Gasteiger partial charge on any atom is 0.140 e. The predicted molar refractivity (Wildman–Crippen MR) is 68.1 cm³/mol. The number of pyridine rings is 1. The van der Waals surface area contributed by atoms with E-state index >= 15 is 0 Å². The fraction of sp³-hybridized carbons (Fsp3) is 0.500. The van der Waals surface area contributed by atoms with E-state index in [0.717, 1.165) is 10.3 Å². The van der Waals surface area contributed by atoms with Gasteiger partial charge >= 0.3 is 0 Å². The average Bonchev–Trinajstić information content (AvgIpc) is 2.26. The summed E-state index contributed by atoms with van der Waals surface area (Å²) in [5.41, 5.74) is 0. The average molecular weight is 310 g/mol. The van der Waals surface area contributed by atoms with Crippen LogP contribution in [0.4, 0.5) is 5.82 Å². The third-order valence-corrected chi connectivity index (χ3v) is 2.80. The maximum absolute atomic E-state index is 5.79. The molecule has 0 spiro atoms. The maximum atomic E-state index is 5.79. The van der Waals surface area contributed by atoms with Gasteiger partial charge in [0.1, 0.15) is 5.82 Å². The molecule has 1 aromatic rings. The number of nitrogens with zero attached hydrogens (tertiary/aromatic N) is 1. The topological polar surface area (TPSA) is 43.4 Å². The lowest BCUT2D eigenvalue weighted by atomic mass is 10.3. The third-order valence-electron chi connectivity index (χ3n) is 1.99. The number of anilines is 1. The van der Waals surface area contributed by atoms with Crippen molar-refractivity contribution in [1.82, 2.24) is 4.98 Å². The molecule has 0 bridgehead atoms. The predicted octanol–water partition coefficient (Wildman–Crippen LogP) is 2.57. The first-order chi connectivity index (χ1) is 7.67. The monoisotopic (exact) mass is 308 g/mol. The highest BCUT2D eigenvalue weighted by molar-refractivity contribution is 9.10. The molecule has 90 valence electrons. The number of methoxy groups -OCH3 is 2. The molecule has 0 aromatic carbocycles. The highest BCUT2D eigenvalue weighted by atomic mass is 79.9. The van der Waals surface area contributed by atoms with Gasteiger partial charge in [-0.1, -0.05) is 11.6 Å². The molecule has 1 N–H and O–H groups in total. The van der Waals surface area contributed by atoms with E-state index in [4.69, 9.17) is 21.1 Å². The number of aromatic nitrogens is 1. The first-order valence-corrected chi connectivity index (χ1v) is 5.91. The summed E-state index contributed by atoms with van der Waals surface area (Å²) in [7, 11) is 3.29. The Hall–Kier alpha value is -0.360. The summed E-state index contributed by atoms with van der Waals surface area (Å²) in [4.78, 5) is 4.16. The molecule has 0 aliphatic heterocycles. The zero-order valence-electron chi connectivity index (χ0n) is 9.17. The zero-order valence-corrected chi connectivity index (χ0v) is 11.5. The number of nitrogens with one attached hydrogen (secondary N) is 1. The van der Waals surface area contributed by atoms with E-state index in [1.807, 2.05) is 0 Å². The summed E-state index contributed by atoms with van der Waals surface area (Å²) < 4.78 is 11.1. The van der Waals surface area contributed by atoms with E-state index in [2.05, 4.69) is 26.2 Å². The first kappa shape index (κ1) is 13.7. The molecule has 0 fully saturated rings. The fourth-order valence-corrected chi connectivity index (χ4v) is 1.93. The molecule has 0 aliphatic rings. The Labute approximate surface area is 108 Å². The number of halogens is 2. The summed E-state index contributed by atoms with van der Waals surface area (Å²) in [6, 6.07) is 1.79. The van der Waals surface area contributed by atoms with Gasteiger partial charge in [0.25, 0.3) is 0 Å². The molecule has 0 saturated heterocycles. The number of rotatable bonds is 6. The Bertz CT molecular complexity index is 339. The molecule has 1 heterocycles. The van der Waals surface area contributed by atoms with Crippen LogP contribution in [0.5, 0.6) is 0 Å². The largest absolute Gasteiger partial charge is 0.382 e. The van der Waals surface area contributed by atoms with E-state index < -0.39 is 0 Å². The Kier molecular flexibility index (Phi) is 6.05. The van der Waals surface area contributed by atoms with Gasteiger partial charge in [0, 0.05) is 27.0 Å². The van der Waals surface area contributed by atoms with Crippen molar-refractivity contribution in [2.24, 2.45) is 0 Å². The highest BCUT2D eigenvalue weighted by Gasteiger charge is 2.08. The molecular formula is C10H14BrClN2O2. The fourth-order valence-electron chi connectivity index (χ4n) is 1.15. The van der Waals surface area contributed by atoms with Gasteiger partial charge in [0.15, 0.2) is 0 Å². The lowest BCUT2D eigenvalue weighted by Crippen LogP contribution is -2.26. The molecule has 0 radical (unpaired) electrons. The van der Waals surface area contributed by atoms with Crippen molar-refractivity contribution in [1.29, 1.82) is 0 Å². The van der Waals surface area contributed by atoms with Gasteiger partial charge in [-0.25, -0.2) is 4.98 Å². The van der Waals surface area contributed by atoms with Crippen molar-refractivity contribution >= 4 is 33.3 Å². The second-order valence-electron chi connectivity index (χ2n) is 3.18. The first-order valence-electron chi connectivity index (χ1n) is 4.74. The van der Waals surface area contributed by atoms with E-state index in [0.29, 0.717) is 18.2 Å². The van der Waals surface area contributed by atoms with Crippen LogP contribution in [0, 0.1) is 0 Å². The molecule has 0 saturated carbocycles. The SMILES string of the molecule is COCC(CNc1ncc(Cl)cc1Br)OC. The van der Waals surface area contributed by atoms with Crippen LogP contribution >= 0.6 is 27.5 Å². The molecule has 1 rings (SSSR count). The summed E-state index contributed by atoms with van der Waals surface area (Å²) in [6.07, 6.45) is 1.58. The van der Waals surface area contributed by atoms with Crippen molar-refractivity contribution in [3.8, 4) is 0 Å². The summed E-state index contributed by atoms with van der Waals surface area (Å²) in [5, 5.41) is 3.75. The van der Waals surface area contributed by atoms with Crippen LogP contribution in [0.15, 0.2) is 16.7 Å². The standard InChI is InChI=1S/C10H14BrClN2O2/c1-15-6-8(16-2)5-14-10-9(11)3-7(12)4-13-10/h3-4,8H,5-6H2,1-2H3,(H,13,14). The lowest BCUT2D eigenvalue weighted by molar-refractivity contribution is 0.0365. The van der Waals surface area contributed by atoms with Crippen LogP contribution in [0.25, 0.3) is 0 Å². The summed E-state index contributed by atoms with van der Waals surface area (Å²) in [5.74, 6) is 0.738.